The van der Waals surface area contributed by atoms with Gasteiger partial charge in [0.2, 0.25) is 11.8 Å². The van der Waals surface area contributed by atoms with Crippen molar-refractivity contribution in [3.8, 4) is 17.5 Å². The van der Waals surface area contributed by atoms with E-state index in [0.29, 0.717) is 30.0 Å². The van der Waals surface area contributed by atoms with Crippen LogP contribution in [-0.4, -0.2) is 11.6 Å². The number of ether oxygens (including phenoxy) is 2. The molecule has 0 aliphatic heterocycles. The number of hydrogen-bond donors (Lipinski definition) is 1. The molecule has 0 saturated heterocycles. The van der Waals surface area contributed by atoms with Crippen molar-refractivity contribution >= 4 is 5.69 Å². The molecule has 0 fully saturated rings. The molecule has 1 aromatic carbocycles. The van der Waals surface area contributed by atoms with Crippen molar-refractivity contribution in [3.63, 3.8) is 0 Å². The molecule has 112 valence electrons. The van der Waals surface area contributed by atoms with Crippen LogP contribution in [0.4, 0.5) is 5.69 Å². The van der Waals surface area contributed by atoms with Crippen molar-refractivity contribution in [2.75, 3.05) is 12.3 Å². The number of hydrogen-bond acceptors (Lipinski definition) is 4. The topological polar surface area (TPSA) is 57.4 Å². The van der Waals surface area contributed by atoms with E-state index in [4.69, 9.17) is 15.2 Å². The van der Waals surface area contributed by atoms with Crippen LogP contribution in [0.2, 0.25) is 0 Å². The van der Waals surface area contributed by atoms with Crippen LogP contribution in [0.3, 0.4) is 0 Å². The molecule has 4 heteroatoms. The van der Waals surface area contributed by atoms with Crippen molar-refractivity contribution in [1.29, 1.82) is 0 Å². The number of benzene rings is 1. The Balaban J connectivity index is 2.17. The predicted octanol–water partition coefficient (Wildman–Crippen LogP) is 4.37. The highest BCUT2D eigenvalue weighted by Crippen LogP contribution is 2.27. The normalized spacial score (nSPS) is 10.7. The second-order valence-corrected chi connectivity index (χ2v) is 5.22. The minimum Gasteiger partial charge on any atom is -0.476 e. The molecule has 1 heterocycles. The van der Waals surface area contributed by atoms with E-state index < -0.39 is 0 Å². The fourth-order valence-corrected chi connectivity index (χ4v) is 1.86. The summed E-state index contributed by atoms with van der Waals surface area (Å²) in [5.74, 6) is 2.13. The first-order valence-electron chi connectivity index (χ1n) is 7.27. The van der Waals surface area contributed by atoms with Crippen LogP contribution in [0.5, 0.6) is 17.5 Å². The summed E-state index contributed by atoms with van der Waals surface area (Å²) >= 11 is 0. The van der Waals surface area contributed by atoms with Crippen LogP contribution < -0.4 is 15.2 Å². The molecule has 0 bridgehead atoms. The second-order valence-electron chi connectivity index (χ2n) is 5.22. The molecule has 4 nitrogen and oxygen atoms in total. The van der Waals surface area contributed by atoms with Crippen molar-refractivity contribution < 1.29 is 9.47 Å². The third-order valence-electron chi connectivity index (χ3n) is 3.05. The molecule has 2 aromatic rings. The average Bonchev–Trinajstić information content (AvgIpc) is 2.48. The van der Waals surface area contributed by atoms with Gasteiger partial charge in [-0.2, -0.15) is 4.98 Å². The molecule has 0 radical (unpaired) electrons. The van der Waals surface area contributed by atoms with Crippen LogP contribution in [0, 0.1) is 0 Å². The molecule has 0 aliphatic rings. The quantitative estimate of drug-likeness (QED) is 0.856. The number of aromatic nitrogens is 1. The smallest absolute Gasteiger partial charge is 0.240 e. The van der Waals surface area contributed by atoms with Gasteiger partial charge in [0.25, 0.3) is 0 Å². The van der Waals surface area contributed by atoms with E-state index in [1.54, 1.807) is 12.1 Å². The first-order valence-corrected chi connectivity index (χ1v) is 7.27. The third-order valence-corrected chi connectivity index (χ3v) is 3.05. The zero-order valence-electron chi connectivity index (χ0n) is 12.8. The molecule has 0 aliphatic carbocycles. The van der Waals surface area contributed by atoms with Gasteiger partial charge in [0.15, 0.2) is 0 Å². The van der Waals surface area contributed by atoms with Gasteiger partial charge in [0.1, 0.15) is 5.75 Å². The van der Waals surface area contributed by atoms with E-state index in [1.165, 1.54) is 5.56 Å². The molecule has 0 unspecified atom stereocenters. The highest BCUT2D eigenvalue weighted by Gasteiger charge is 2.07. The maximum absolute atomic E-state index is 5.84. The van der Waals surface area contributed by atoms with Gasteiger partial charge in [-0.05, 0) is 36.1 Å². The number of nitrogens with two attached hydrogens (primary N) is 1. The van der Waals surface area contributed by atoms with Gasteiger partial charge in [0, 0.05) is 6.07 Å². The summed E-state index contributed by atoms with van der Waals surface area (Å²) in [6, 6.07) is 11.5. The SMILES string of the molecule is CCCOc1nc(Oc2cccc(C(C)C)c2)ccc1N. The predicted molar refractivity (Wildman–Crippen MR) is 85.0 cm³/mol. The fraction of sp³-hybridized carbons (Fsp3) is 0.353. The summed E-state index contributed by atoms with van der Waals surface area (Å²) in [6.45, 7) is 6.92. The Labute approximate surface area is 125 Å². The largest absolute Gasteiger partial charge is 0.476 e. The van der Waals surface area contributed by atoms with E-state index in [2.05, 4.69) is 24.9 Å². The van der Waals surface area contributed by atoms with E-state index in [9.17, 15) is 0 Å². The van der Waals surface area contributed by atoms with Crippen molar-refractivity contribution in [2.45, 2.75) is 33.1 Å². The lowest BCUT2D eigenvalue weighted by atomic mass is 10.0. The Kier molecular flexibility index (Phi) is 5.04. The number of pyridine rings is 1. The third kappa shape index (κ3) is 4.12. The molecular weight excluding hydrogens is 264 g/mol. The maximum atomic E-state index is 5.84. The lowest BCUT2D eigenvalue weighted by Crippen LogP contribution is -2.02. The first-order chi connectivity index (χ1) is 10.1. The first kappa shape index (κ1) is 15.2. The van der Waals surface area contributed by atoms with Gasteiger partial charge in [-0.3, -0.25) is 0 Å². The van der Waals surface area contributed by atoms with Gasteiger partial charge in [-0.1, -0.05) is 32.9 Å². The number of rotatable bonds is 6. The molecule has 21 heavy (non-hydrogen) atoms. The molecule has 1 aromatic heterocycles. The van der Waals surface area contributed by atoms with E-state index >= 15 is 0 Å². The molecule has 0 saturated carbocycles. The summed E-state index contributed by atoms with van der Waals surface area (Å²) in [5, 5.41) is 0. The Morgan fingerprint density at radius 1 is 1.19 bits per heavy atom. The zero-order chi connectivity index (χ0) is 15.2. The molecule has 0 spiro atoms. The second kappa shape index (κ2) is 6.97. The van der Waals surface area contributed by atoms with Gasteiger partial charge in [-0.25, -0.2) is 0 Å². The van der Waals surface area contributed by atoms with Crippen LogP contribution >= 0.6 is 0 Å². The minimum atomic E-state index is 0.425. The Morgan fingerprint density at radius 2 is 2.00 bits per heavy atom. The lowest BCUT2D eigenvalue weighted by Gasteiger charge is -2.11. The summed E-state index contributed by atoms with van der Waals surface area (Å²) in [4.78, 5) is 4.31. The standard InChI is InChI=1S/C17H22N2O2/c1-4-10-20-17-15(18)8-9-16(19-17)21-14-7-5-6-13(11-14)12(2)3/h5-9,11-12H,4,10,18H2,1-3H3. The highest BCUT2D eigenvalue weighted by atomic mass is 16.5. The minimum absolute atomic E-state index is 0.425. The molecule has 2 rings (SSSR count). The van der Waals surface area contributed by atoms with Gasteiger partial charge in [-0.15, -0.1) is 0 Å². The van der Waals surface area contributed by atoms with Gasteiger partial charge >= 0.3 is 0 Å². The lowest BCUT2D eigenvalue weighted by molar-refractivity contribution is 0.302. The Morgan fingerprint density at radius 3 is 2.71 bits per heavy atom. The van der Waals surface area contributed by atoms with Gasteiger partial charge < -0.3 is 15.2 Å². The molecule has 2 N–H and O–H groups in total. The summed E-state index contributed by atoms with van der Waals surface area (Å²) in [5.41, 5.74) is 7.59. The van der Waals surface area contributed by atoms with Crippen LogP contribution in [0.15, 0.2) is 36.4 Å². The fourth-order valence-electron chi connectivity index (χ4n) is 1.86. The van der Waals surface area contributed by atoms with E-state index in [0.717, 1.165) is 12.2 Å². The average molecular weight is 286 g/mol. The van der Waals surface area contributed by atoms with Crippen LogP contribution in [-0.2, 0) is 0 Å². The van der Waals surface area contributed by atoms with Crippen LogP contribution in [0.25, 0.3) is 0 Å². The highest BCUT2D eigenvalue weighted by molar-refractivity contribution is 5.49. The molecule has 0 atom stereocenters. The summed E-state index contributed by atoms with van der Waals surface area (Å²) in [6.07, 6.45) is 0.905. The Hall–Kier alpha value is -2.23. The van der Waals surface area contributed by atoms with E-state index in [1.807, 2.05) is 25.1 Å². The van der Waals surface area contributed by atoms with E-state index in [-0.39, 0.29) is 0 Å². The molecular formula is C17H22N2O2. The van der Waals surface area contributed by atoms with Crippen LogP contribution in [0.1, 0.15) is 38.7 Å². The molecule has 0 amide bonds. The zero-order valence-corrected chi connectivity index (χ0v) is 12.8. The van der Waals surface area contributed by atoms with Gasteiger partial charge in [0.05, 0.1) is 12.3 Å². The number of nitrogen functional groups attached to an aromatic ring is 1. The van der Waals surface area contributed by atoms with Crippen molar-refractivity contribution in [2.24, 2.45) is 0 Å². The monoisotopic (exact) mass is 286 g/mol. The summed E-state index contributed by atoms with van der Waals surface area (Å²) in [7, 11) is 0. The van der Waals surface area contributed by atoms with Crippen molar-refractivity contribution in [1.82, 2.24) is 4.98 Å². The maximum Gasteiger partial charge on any atom is 0.240 e. The van der Waals surface area contributed by atoms with Crippen molar-refractivity contribution in [3.05, 3.63) is 42.0 Å². The Bertz CT molecular complexity index is 597. The summed E-state index contributed by atoms with van der Waals surface area (Å²) < 4.78 is 11.3. The number of anilines is 1. The number of nitrogens with zero attached hydrogens (tertiary/aromatic N) is 1.